The molecule has 2 amide bonds. The fourth-order valence-electron chi connectivity index (χ4n) is 2.37. The molecule has 2 N–H and O–H groups in total. The third kappa shape index (κ3) is 3.72. The van der Waals surface area contributed by atoms with Crippen molar-refractivity contribution in [2.75, 3.05) is 4.90 Å². The quantitative estimate of drug-likeness (QED) is 0.791. The highest BCUT2D eigenvalue weighted by Crippen LogP contribution is 2.20. The number of hydrogen-bond acceptors (Lipinski definition) is 4. The highest BCUT2D eigenvalue weighted by Gasteiger charge is 2.18. The van der Waals surface area contributed by atoms with Gasteiger partial charge in [0, 0.05) is 18.0 Å². The van der Waals surface area contributed by atoms with Gasteiger partial charge < -0.3 is 10.2 Å². The Morgan fingerprint density at radius 1 is 1.20 bits per heavy atom. The molecule has 0 aliphatic rings. The third-order valence-electron chi connectivity index (χ3n) is 3.54. The number of halogens is 1. The van der Waals surface area contributed by atoms with Gasteiger partial charge in [0.25, 0.3) is 0 Å². The molecule has 0 aliphatic carbocycles. The van der Waals surface area contributed by atoms with Gasteiger partial charge in [0.2, 0.25) is 0 Å². The summed E-state index contributed by atoms with van der Waals surface area (Å²) in [6.45, 7) is -0.0515. The molecule has 6 nitrogen and oxygen atoms in total. The van der Waals surface area contributed by atoms with Crippen LogP contribution in [0.5, 0.6) is 0 Å². The third-order valence-corrected chi connectivity index (χ3v) is 3.54. The van der Waals surface area contributed by atoms with Gasteiger partial charge >= 0.3 is 11.7 Å². The summed E-state index contributed by atoms with van der Waals surface area (Å²) >= 11 is 0. The molecule has 1 aromatic carbocycles. The molecule has 7 heteroatoms. The molecule has 0 spiro atoms. The summed E-state index contributed by atoms with van der Waals surface area (Å²) in [6, 6.07) is 11.3. The molecule has 0 atom stereocenters. The number of aromatic nitrogens is 1. The molecular weight excluding hydrogens is 325 g/mol. The summed E-state index contributed by atoms with van der Waals surface area (Å²) in [5.74, 6) is -0.127. The maximum Gasteiger partial charge on any atom is 0.360 e. The predicted octanol–water partition coefficient (Wildman–Crippen LogP) is 2.93. The van der Waals surface area contributed by atoms with E-state index in [4.69, 9.17) is 10.2 Å². The Labute approximate surface area is 142 Å². The molecule has 0 aliphatic heterocycles. The van der Waals surface area contributed by atoms with Crippen molar-refractivity contribution >= 4 is 11.7 Å². The van der Waals surface area contributed by atoms with E-state index in [0.29, 0.717) is 16.9 Å². The molecule has 0 unspecified atom stereocenters. The Hall–Kier alpha value is -3.48. The average Bonchev–Trinajstić information content (AvgIpc) is 2.60. The molecule has 2 aromatic heterocycles. The number of benzene rings is 1. The van der Waals surface area contributed by atoms with Crippen LogP contribution < -0.4 is 16.3 Å². The molecule has 126 valence electrons. The minimum Gasteiger partial charge on any atom is -0.421 e. The summed E-state index contributed by atoms with van der Waals surface area (Å²) in [4.78, 5) is 29.1. The molecule has 3 aromatic rings. The van der Waals surface area contributed by atoms with Crippen molar-refractivity contribution in [1.82, 2.24) is 4.98 Å². The maximum absolute atomic E-state index is 13.3. The number of carbonyl (C=O) groups is 1. The number of primary amides is 1. The van der Waals surface area contributed by atoms with Crippen molar-refractivity contribution in [3.8, 4) is 11.3 Å². The zero-order chi connectivity index (χ0) is 17.8. The second-order valence-electron chi connectivity index (χ2n) is 5.27. The van der Waals surface area contributed by atoms with Crippen molar-refractivity contribution in [1.29, 1.82) is 0 Å². The molecule has 0 bridgehead atoms. The van der Waals surface area contributed by atoms with Crippen molar-refractivity contribution in [2.45, 2.75) is 6.54 Å². The second kappa shape index (κ2) is 6.96. The first-order chi connectivity index (χ1) is 12.0. The van der Waals surface area contributed by atoms with E-state index >= 15 is 0 Å². The van der Waals surface area contributed by atoms with E-state index in [2.05, 4.69) is 4.98 Å². The average molecular weight is 339 g/mol. The summed E-state index contributed by atoms with van der Waals surface area (Å²) < 4.78 is 18.6. The van der Waals surface area contributed by atoms with Crippen LogP contribution in [0.15, 0.2) is 70.1 Å². The van der Waals surface area contributed by atoms with Crippen molar-refractivity contribution < 1.29 is 13.6 Å². The number of carbonyl (C=O) groups excluding carboxylic acids is 1. The lowest BCUT2D eigenvalue weighted by molar-refractivity contribution is 0.253. The molecule has 2 heterocycles. The highest BCUT2D eigenvalue weighted by atomic mass is 19.1. The lowest BCUT2D eigenvalue weighted by atomic mass is 10.2. The van der Waals surface area contributed by atoms with Gasteiger partial charge in [0.05, 0.1) is 6.54 Å². The number of amides is 2. The van der Waals surface area contributed by atoms with Gasteiger partial charge in [0.1, 0.15) is 17.3 Å². The minimum absolute atomic E-state index is 0.0237. The number of hydrogen-bond donors (Lipinski definition) is 1. The first-order valence-electron chi connectivity index (χ1n) is 7.40. The first kappa shape index (κ1) is 16.4. The Bertz CT molecular complexity index is 957. The standard InChI is InChI=1S/C18H14FN3O3/c19-14-5-1-3-12(9-14)11-22(18(20)24)15-6-7-16(25-17(15)23)13-4-2-8-21-10-13/h1-10H,11H2,(H2,20,24). The van der Waals surface area contributed by atoms with E-state index in [1.165, 1.54) is 24.3 Å². The van der Waals surface area contributed by atoms with Crippen molar-refractivity contribution in [2.24, 2.45) is 5.73 Å². The number of anilines is 1. The van der Waals surface area contributed by atoms with Crippen LogP contribution >= 0.6 is 0 Å². The number of nitrogens with zero attached hydrogens (tertiary/aromatic N) is 2. The number of pyridine rings is 1. The molecule has 0 saturated heterocycles. The number of nitrogens with two attached hydrogens (primary N) is 1. The van der Waals surface area contributed by atoms with Gasteiger partial charge in [-0.3, -0.25) is 9.88 Å². The molecular formula is C18H14FN3O3. The topological polar surface area (TPSA) is 89.4 Å². The van der Waals surface area contributed by atoms with E-state index in [0.717, 1.165) is 4.90 Å². The predicted molar refractivity (Wildman–Crippen MR) is 90.4 cm³/mol. The van der Waals surface area contributed by atoms with Crippen LogP contribution in [0.25, 0.3) is 11.3 Å². The maximum atomic E-state index is 13.3. The van der Waals surface area contributed by atoms with Gasteiger partial charge in [-0.25, -0.2) is 14.0 Å². The smallest absolute Gasteiger partial charge is 0.360 e. The van der Waals surface area contributed by atoms with Crippen LogP contribution in [-0.4, -0.2) is 11.0 Å². The van der Waals surface area contributed by atoms with E-state index < -0.39 is 17.5 Å². The van der Waals surface area contributed by atoms with Gasteiger partial charge in [0.15, 0.2) is 0 Å². The molecule has 0 saturated carbocycles. The molecule has 0 radical (unpaired) electrons. The highest BCUT2D eigenvalue weighted by molar-refractivity contribution is 5.90. The largest absolute Gasteiger partial charge is 0.421 e. The van der Waals surface area contributed by atoms with Gasteiger partial charge in [-0.2, -0.15) is 0 Å². The monoisotopic (exact) mass is 339 g/mol. The Balaban J connectivity index is 1.95. The molecule has 0 fully saturated rings. The Morgan fingerprint density at radius 2 is 2.04 bits per heavy atom. The first-order valence-corrected chi connectivity index (χ1v) is 7.40. The van der Waals surface area contributed by atoms with E-state index in [9.17, 15) is 14.0 Å². The summed E-state index contributed by atoms with van der Waals surface area (Å²) in [7, 11) is 0. The zero-order valence-corrected chi connectivity index (χ0v) is 13.1. The summed E-state index contributed by atoms with van der Waals surface area (Å²) in [6.07, 6.45) is 3.15. The van der Waals surface area contributed by atoms with E-state index in [1.807, 2.05) is 0 Å². The fourth-order valence-corrected chi connectivity index (χ4v) is 2.37. The van der Waals surface area contributed by atoms with Crippen LogP contribution in [-0.2, 0) is 6.54 Å². The Morgan fingerprint density at radius 3 is 2.68 bits per heavy atom. The number of rotatable bonds is 4. The van der Waals surface area contributed by atoms with E-state index in [1.54, 1.807) is 36.7 Å². The fraction of sp³-hybridized carbons (Fsp3) is 0.0556. The second-order valence-corrected chi connectivity index (χ2v) is 5.27. The van der Waals surface area contributed by atoms with Gasteiger partial charge in [-0.15, -0.1) is 0 Å². The molecule has 25 heavy (non-hydrogen) atoms. The van der Waals surface area contributed by atoms with E-state index in [-0.39, 0.29) is 12.2 Å². The lowest BCUT2D eigenvalue weighted by Crippen LogP contribution is -2.38. The van der Waals surface area contributed by atoms with Gasteiger partial charge in [-0.1, -0.05) is 12.1 Å². The van der Waals surface area contributed by atoms with Crippen LogP contribution in [0.1, 0.15) is 5.56 Å². The SMILES string of the molecule is NC(=O)N(Cc1cccc(F)c1)c1ccc(-c2cccnc2)oc1=O. The number of urea groups is 1. The van der Waals surface area contributed by atoms with Crippen LogP contribution in [0.4, 0.5) is 14.9 Å². The Kier molecular flexibility index (Phi) is 4.56. The van der Waals surface area contributed by atoms with Gasteiger partial charge in [-0.05, 0) is 42.0 Å². The van der Waals surface area contributed by atoms with Crippen molar-refractivity contribution in [3.05, 3.63) is 82.7 Å². The minimum atomic E-state index is -0.842. The molecule has 3 rings (SSSR count). The van der Waals surface area contributed by atoms with Crippen LogP contribution in [0, 0.1) is 5.82 Å². The van der Waals surface area contributed by atoms with Crippen LogP contribution in [0.3, 0.4) is 0 Å². The summed E-state index contributed by atoms with van der Waals surface area (Å²) in [5, 5.41) is 0. The lowest BCUT2D eigenvalue weighted by Gasteiger charge is -2.19. The van der Waals surface area contributed by atoms with Crippen molar-refractivity contribution in [3.63, 3.8) is 0 Å². The zero-order valence-electron chi connectivity index (χ0n) is 13.1. The summed E-state index contributed by atoms with van der Waals surface area (Å²) in [5.41, 5.74) is 5.75. The normalized spacial score (nSPS) is 10.4. The van der Waals surface area contributed by atoms with Crippen LogP contribution in [0.2, 0.25) is 0 Å².